The molecule has 0 aliphatic heterocycles. The van der Waals surface area contributed by atoms with Gasteiger partial charge in [-0.2, -0.15) is 26.3 Å². The van der Waals surface area contributed by atoms with Crippen LogP contribution in [-0.2, 0) is 4.74 Å². The summed E-state index contributed by atoms with van der Waals surface area (Å²) < 4.78 is 107. The van der Waals surface area contributed by atoms with E-state index in [4.69, 9.17) is 0 Å². The van der Waals surface area contributed by atoms with Crippen LogP contribution in [0.3, 0.4) is 0 Å². The molecule has 0 spiro atoms. The molecule has 1 nitrogen and oxygen atoms in total. The van der Waals surface area contributed by atoms with Gasteiger partial charge in [0.1, 0.15) is 0 Å². The molecule has 0 N–H and O–H groups in total. The molecule has 0 aliphatic carbocycles. The largest absolute Gasteiger partial charge is 0.423 e. The smallest absolute Gasteiger partial charge is 0.322 e. The number of hydrogen-bond acceptors (Lipinski definition) is 1. The van der Waals surface area contributed by atoms with E-state index in [-0.39, 0.29) is 0 Å². The first-order chi connectivity index (χ1) is 6.46. The van der Waals surface area contributed by atoms with Crippen LogP contribution in [0.2, 0.25) is 0 Å². The summed E-state index contributed by atoms with van der Waals surface area (Å²) in [6, 6.07) is 0. The van der Waals surface area contributed by atoms with Crippen LogP contribution in [0.5, 0.6) is 0 Å². The number of halogens is 9. The maximum absolute atomic E-state index is 11.9. The lowest BCUT2D eigenvalue weighted by atomic mass is 10.3. The Labute approximate surface area is 76.8 Å². The van der Waals surface area contributed by atoms with Gasteiger partial charge in [0.05, 0.1) is 0 Å². The van der Waals surface area contributed by atoms with Gasteiger partial charge in [-0.05, 0) is 0 Å². The molecule has 0 bridgehead atoms. The summed E-state index contributed by atoms with van der Waals surface area (Å²) in [4.78, 5) is 0. The van der Waals surface area contributed by atoms with Crippen LogP contribution in [0.25, 0.3) is 0 Å². The summed E-state index contributed by atoms with van der Waals surface area (Å²) in [7, 11) is 0. The summed E-state index contributed by atoms with van der Waals surface area (Å²) in [5, 5.41) is 0. The van der Waals surface area contributed by atoms with E-state index in [9.17, 15) is 39.5 Å². The van der Waals surface area contributed by atoms with Gasteiger partial charge < -0.3 is 4.74 Å². The fourth-order valence-corrected chi connectivity index (χ4v) is 0.529. The number of rotatable bonds is 3. The van der Waals surface area contributed by atoms with Gasteiger partial charge in [-0.15, -0.1) is 0 Å². The molecule has 1 atom stereocenters. The highest BCUT2D eigenvalue weighted by molar-refractivity contribution is 4.76. The van der Waals surface area contributed by atoms with Gasteiger partial charge >= 0.3 is 12.4 Å². The van der Waals surface area contributed by atoms with Crippen molar-refractivity contribution in [2.24, 2.45) is 0 Å². The van der Waals surface area contributed by atoms with Crippen molar-refractivity contribution in [3.05, 3.63) is 0 Å². The molecule has 15 heavy (non-hydrogen) atoms. The molecule has 92 valence electrons. The molecule has 0 aliphatic rings. The molecule has 0 heterocycles. The second kappa shape index (κ2) is 4.45. The van der Waals surface area contributed by atoms with Crippen molar-refractivity contribution in [3.8, 4) is 0 Å². The first kappa shape index (κ1) is 14.3. The summed E-state index contributed by atoms with van der Waals surface area (Å²) in [5.74, 6) is 0. The van der Waals surface area contributed by atoms with Crippen LogP contribution < -0.4 is 0 Å². The van der Waals surface area contributed by atoms with Crippen LogP contribution >= 0.6 is 0 Å². The van der Waals surface area contributed by atoms with Crippen molar-refractivity contribution in [1.29, 1.82) is 0 Å². The predicted molar refractivity (Wildman–Crippen MR) is 27.9 cm³/mol. The third kappa shape index (κ3) is 4.58. The average molecular weight is 250 g/mol. The molecule has 10 heteroatoms. The number of ether oxygens (including phenoxy) is 1. The Morgan fingerprint density at radius 1 is 0.733 bits per heavy atom. The van der Waals surface area contributed by atoms with Crippen LogP contribution in [0, 0.1) is 0 Å². The summed E-state index contributed by atoms with van der Waals surface area (Å²) >= 11 is 0. The van der Waals surface area contributed by atoms with Crippen LogP contribution in [0.4, 0.5) is 39.5 Å². The summed E-state index contributed by atoms with van der Waals surface area (Å²) in [6.45, 7) is 0. The molecular weight excluding hydrogens is 247 g/mol. The van der Waals surface area contributed by atoms with E-state index < -0.39 is 31.2 Å². The molecule has 0 rings (SSSR count). The van der Waals surface area contributed by atoms with Crippen molar-refractivity contribution < 1.29 is 44.3 Å². The quantitative estimate of drug-likeness (QED) is 0.699. The minimum absolute atomic E-state index is 2.57. The van der Waals surface area contributed by atoms with Crippen LogP contribution in [0.1, 0.15) is 0 Å². The lowest BCUT2D eigenvalue weighted by Gasteiger charge is -2.24. The highest BCUT2D eigenvalue weighted by atomic mass is 19.4. The van der Waals surface area contributed by atoms with Crippen LogP contribution in [0.15, 0.2) is 0 Å². The Hall–Kier alpha value is -0.670. The average Bonchev–Trinajstić information content (AvgIpc) is 1.94. The van der Waals surface area contributed by atoms with E-state index in [0.29, 0.717) is 0 Å². The Bertz CT molecular complexity index is 180. The monoisotopic (exact) mass is 250 g/mol. The Morgan fingerprint density at radius 3 is 1.27 bits per heavy atom. The fourth-order valence-electron chi connectivity index (χ4n) is 0.529. The highest BCUT2D eigenvalue weighted by Crippen LogP contribution is 2.37. The van der Waals surface area contributed by atoms with Crippen LogP contribution in [-0.4, -0.2) is 31.2 Å². The molecule has 0 saturated heterocycles. The molecule has 0 aromatic carbocycles. The van der Waals surface area contributed by atoms with Crippen molar-refractivity contribution in [2.45, 2.75) is 31.2 Å². The van der Waals surface area contributed by atoms with E-state index in [1.54, 1.807) is 0 Å². The summed E-state index contributed by atoms with van der Waals surface area (Å²) in [5.41, 5.74) is 0. The molecule has 0 aromatic heterocycles. The molecular formula is C5H3F9O. The Balaban J connectivity index is 4.69. The summed E-state index contributed by atoms with van der Waals surface area (Å²) in [6.07, 6.45) is -24.6. The minimum Gasteiger partial charge on any atom is -0.322 e. The van der Waals surface area contributed by atoms with Gasteiger partial charge in [-0.25, -0.2) is 13.2 Å². The molecule has 0 saturated carbocycles. The molecule has 0 aromatic rings. The third-order valence-corrected chi connectivity index (χ3v) is 1.06. The van der Waals surface area contributed by atoms with Crippen molar-refractivity contribution in [3.63, 3.8) is 0 Å². The lowest BCUT2D eigenvalue weighted by molar-refractivity contribution is -0.349. The second-order valence-corrected chi connectivity index (χ2v) is 2.28. The zero-order chi connectivity index (χ0) is 12.4. The highest BCUT2D eigenvalue weighted by Gasteiger charge is 2.59. The zero-order valence-corrected chi connectivity index (χ0v) is 6.54. The SMILES string of the molecule is FC(F)C(F)OC(C(F)(F)F)C(F)(F)F. The van der Waals surface area contributed by atoms with E-state index in [1.807, 2.05) is 0 Å². The van der Waals surface area contributed by atoms with Crippen molar-refractivity contribution >= 4 is 0 Å². The van der Waals surface area contributed by atoms with E-state index in [0.717, 1.165) is 0 Å². The topological polar surface area (TPSA) is 9.23 Å². The standard InChI is InChI=1S/C5H3F9O/c6-1(7)2(8)15-3(4(9,10)11)5(12,13)14/h1-3H. The van der Waals surface area contributed by atoms with Gasteiger partial charge in [-0.1, -0.05) is 0 Å². The third-order valence-electron chi connectivity index (χ3n) is 1.06. The van der Waals surface area contributed by atoms with E-state index in [1.165, 1.54) is 0 Å². The molecule has 0 amide bonds. The Kier molecular flexibility index (Phi) is 4.26. The van der Waals surface area contributed by atoms with Gasteiger partial charge in [0, 0.05) is 0 Å². The van der Waals surface area contributed by atoms with E-state index >= 15 is 0 Å². The maximum Gasteiger partial charge on any atom is 0.423 e. The molecule has 0 radical (unpaired) electrons. The maximum atomic E-state index is 11.9. The van der Waals surface area contributed by atoms with Gasteiger partial charge in [0.15, 0.2) is 0 Å². The van der Waals surface area contributed by atoms with Gasteiger partial charge in [0.25, 0.3) is 18.9 Å². The number of hydrogen-bond donors (Lipinski definition) is 0. The molecule has 1 unspecified atom stereocenters. The predicted octanol–water partition coefficient (Wildman–Crippen LogP) is 3.06. The fraction of sp³-hybridized carbons (Fsp3) is 1.00. The second-order valence-electron chi connectivity index (χ2n) is 2.28. The Morgan fingerprint density at radius 2 is 1.07 bits per heavy atom. The minimum atomic E-state index is -6.00. The lowest BCUT2D eigenvalue weighted by Crippen LogP contribution is -2.46. The van der Waals surface area contributed by atoms with Gasteiger partial charge in [-0.3, -0.25) is 0 Å². The molecule has 0 fully saturated rings. The first-order valence-corrected chi connectivity index (χ1v) is 3.17. The van der Waals surface area contributed by atoms with E-state index in [2.05, 4.69) is 4.74 Å². The number of alkyl halides is 9. The van der Waals surface area contributed by atoms with Crippen molar-refractivity contribution in [2.75, 3.05) is 0 Å². The zero-order valence-electron chi connectivity index (χ0n) is 6.54. The first-order valence-electron chi connectivity index (χ1n) is 3.17. The normalized spacial score (nSPS) is 16.2. The van der Waals surface area contributed by atoms with Crippen molar-refractivity contribution in [1.82, 2.24) is 0 Å². The van der Waals surface area contributed by atoms with Gasteiger partial charge in [0.2, 0.25) is 0 Å².